The summed E-state index contributed by atoms with van der Waals surface area (Å²) >= 11 is 0. The second kappa shape index (κ2) is 5.48. The van der Waals surface area contributed by atoms with E-state index in [9.17, 15) is 0 Å². The topological polar surface area (TPSA) is 6.48 Å². The Morgan fingerprint density at radius 2 is 1.77 bits per heavy atom. The summed E-state index contributed by atoms with van der Waals surface area (Å²) in [5, 5.41) is 0. The summed E-state index contributed by atoms with van der Waals surface area (Å²) < 4.78 is 0. The van der Waals surface area contributed by atoms with E-state index in [1.54, 1.807) is 0 Å². The van der Waals surface area contributed by atoms with Gasteiger partial charge in [-0.1, -0.05) is 27.2 Å². The second-order valence-corrected chi connectivity index (χ2v) is 10.1. The van der Waals surface area contributed by atoms with E-state index in [1.165, 1.54) is 77.5 Å². The van der Waals surface area contributed by atoms with Gasteiger partial charge < -0.3 is 4.90 Å². The Morgan fingerprint density at radius 1 is 0.955 bits per heavy atom. The average molecular weight is 305 g/mol. The first-order valence-electron chi connectivity index (χ1n) is 9.92. The highest BCUT2D eigenvalue weighted by Gasteiger charge is 2.50. The number of nitrogens with zero attached hydrogens (tertiary/aromatic N) is 2. The van der Waals surface area contributed by atoms with Crippen molar-refractivity contribution in [3.05, 3.63) is 0 Å². The molecule has 126 valence electrons. The van der Waals surface area contributed by atoms with Gasteiger partial charge in [-0.15, -0.1) is 0 Å². The van der Waals surface area contributed by atoms with Crippen LogP contribution in [-0.4, -0.2) is 48.1 Å². The van der Waals surface area contributed by atoms with Gasteiger partial charge >= 0.3 is 0 Å². The number of piperidine rings is 2. The highest BCUT2D eigenvalue weighted by atomic mass is 15.2. The van der Waals surface area contributed by atoms with Crippen molar-refractivity contribution in [2.45, 2.75) is 84.2 Å². The van der Waals surface area contributed by atoms with Gasteiger partial charge in [-0.05, 0) is 74.8 Å². The van der Waals surface area contributed by atoms with E-state index in [2.05, 4.69) is 30.6 Å². The van der Waals surface area contributed by atoms with Gasteiger partial charge in [-0.3, -0.25) is 4.90 Å². The van der Waals surface area contributed by atoms with Crippen molar-refractivity contribution in [1.29, 1.82) is 0 Å². The van der Waals surface area contributed by atoms with Crippen LogP contribution in [0, 0.1) is 16.7 Å². The molecule has 3 heterocycles. The first-order valence-corrected chi connectivity index (χ1v) is 9.92. The molecular weight excluding hydrogens is 268 g/mol. The molecule has 4 aliphatic rings. The molecule has 0 amide bonds. The molecule has 1 saturated carbocycles. The lowest BCUT2D eigenvalue weighted by Gasteiger charge is -2.46. The maximum atomic E-state index is 2.93. The first kappa shape index (κ1) is 15.4. The highest BCUT2D eigenvalue weighted by Crippen LogP contribution is 2.52. The van der Waals surface area contributed by atoms with Gasteiger partial charge in [0.1, 0.15) is 0 Å². The molecule has 2 bridgehead atoms. The van der Waals surface area contributed by atoms with E-state index in [-0.39, 0.29) is 0 Å². The summed E-state index contributed by atoms with van der Waals surface area (Å²) in [6, 6.07) is 1.80. The van der Waals surface area contributed by atoms with E-state index in [4.69, 9.17) is 0 Å². The summed E-state index contributed by atoms with van der Waals surface area (Å²) in [5.74, 6) is 0.958. The minimum atomic E-state index is 0.565. The lowest BCUT2D eigenvalue weighted by molar-refractivity contribution is 0.0357. The molecule has 0 spiro atoms. The molecule has 0 aromatic heterocycles. The molecule has 3 saturated heterocycles. The molecule has 0 radical (unpaired) electrons. The first-order chi connectivity index (χ1) is 10.4. The smallest absolute Gasteiger partial charge is 0.0136 e. The molecule has 22 heavy (non-hydrogen) atoms. The predicted octanol–water partition coefficient (Wildman–Crippen LogP) is 4.15. The van der Waals surface area contributed by atoms with Gasteiger partial charge in [0.15, 0.2) is 0 Å². The van der Waals surface area contributed by atoms with Crippen LogP contribution in [0.2, 0.25) is 0 Å². The van der Waals surface area contributed by atoms with Crippen LogP contribution >= 0.6 is 0 Å². The number of hydrogen-bond acceptors (Lipinski definition) is 2. The zero-order valence-electron chi connectivity index (χ0n) is 15.1. The second-order valence-electron chi connectivity index (χ2n) is 10.1. The molecule has 4 fully saturated rings. The van der Waals surface area contributed by atoms with Crippen molar-refractivity contribution in [1.82, 2.24) is 9.80 Å². The van der Waals surface area contributed by atoms with E-state index >= 15 is 0 Å². The Bertz CT molecular complexity index is 416. The van der Waals surface area contributed by atoms with Gasteiger partial charge in [-0.2, -0.15) is 0 Å². The maximum Gasteiger partial charge on any atom is 0.0136 e. The van der Waals surface area contributed by atoms with Crippen LogP contribution in [0.5, 0.6) is 0 Å². The van der Waals surface area contributed by atoms with Gasteiger partial charge in [0.25, 0.3) is 0 Å². The monoisotopic (exact) mass is 304 g/mol. The quantitative estimate of drug-likeness (QED) is 0.756. The summed E-state index contributed by atoms with van der Waals surface area (Å²) in [5.41, 5.74) is 1.17. The fraction of sp³-hybridized carbons (Fsp3) is 1.00. The highest BCUT2D eigenvalue weighted by molar-refractivity contribution is 5.03. The van der Waals surface area contributed by atoms with Crippen LogP contribution in [0.4, 0.5) is 0 Å². The van der Waals surface area contributed by atoms with Crippen molar-refractivity contribution in [3.63, 3.8) is 0 Å². The molecule has 3 aliphatic heterocycles. The fourth-order valence-corrected chi connectivity index (χ4v) is 6.88. The Labute approximate surface area is 137 Å². The van der Waals surface area contributed by atoms with Gasteiger partial charge in [0.05, 0.1) is 0 Å². The SMILES string of the molecule is CC1(C)C[C@@H]2C[C@@](C)(CN2C[C@@H]2CCCN3CCCC[C@@H]23)C1. The molecule has 2 nitrogen and oxygen atoms in total. The number of fused-ring (bicyclic) bond motifs is 3. The summed E-state index contributed by atoms with van der Waals surface area (Å²) in [4.78, 5) is 5.77. The molecule has 0 unspecified atom stereocenters. The van der Waals surface area contributed by atoms with Gasteiger partial charge in [0, 0.05) is 25.2 Å². The lowest BCUT2D eigenvalue weighted by atomic mass is 9.65. The Kier molecular flexibility index (Phi) is 3.85. The third kappa shape index (κ3) is 2.86. The lowest BCUT2D eigenvalue weighted by Crippen LogP contribution is -2.51. The third-order valence-corrected chi connectivity index (χ3v) is 7.22. The largest absolute Gasteiger partial charge is 0.300 e. The molecule has 0 aromatic carbocycles. The summed E-state index contributed by atoms with van der Waals surface area (Å²) in [6.45, 7) is 13.1. The average Bonchev–Trinajstić information content (AvgIpc) is 2.68. The Balaban J connectivity index is 1.45. The van der Waals surface area contributed by atoms with Crippen molar-refractivity contribution in [3.8, 4) is 0 Å². The standard InChI is InChI=1S/C20H36N2/c1-19(2)11-17-12-20(3,14-19)15-22(17)13-16-7-6-10-21-9-5-4-8-18(16)21/h16-18H,4-15H2,1-3H3/t16-,17+,18-,20+/m0/s1. The van der Waals surface area contributed by atoms with Crippen LogP contribution in [0.15, 0.2) is 0 Å². The number of hydrogen-bond donors (Lipinski definition) is 0. The van der Waals surface area contributed by atoms with E-state index in [1.807, 2.05) is 0 Å². The Morgan fingerprint density at radius 3 is 2.64 bits per heavy atom. The van der Waals surface area contributed by atoms with Gasteiger partial charge in [-0.25, -0.2) is 0 Å². The molecule has 0 aromatic rings. The third-order valence-electron chi connectivity index (χ3n) is 7.22. The number of rotatable bonds is 2. The maximum absolute atomic E-state index is 2.93. The van der Waals surface area contributed by atoms with Crippen LogP contribution in [0.25, 0.3) is 0 Å². The minimum Gasteiger partial charge on any atom is -0.300 e. The van der Waals surface area contributed by atoms with Crippen LogP contribution in [0.3, 0.4) is 0 Å². The van der Waals surface area contributed by atoms with E-state index in [0.29, 0.717) is 10.8 Å². The fourth-order valence-electron chi connectivity index (χ4n) is 6.88. The molecule has 4 atom stereocenters. The van der Waals surface area contributed by atoms with E-state index in [0.717, 1.165) is 18.0 Å². The van der Waals surface area contributed by atoms with Crippen molar-refractivity contribution in [2.24, 2.45) is 16.7 Å². The molecule has 4 rings (SSSR count). The number of likely N-dealkylation sites (tertiary alicyclic amines) is 1. The zero-order chi connectivity index (χ0) is 15.4. The molecule has 0 N–H and O–H groups in total. The summed E-state index contributed by atoms with van der Waals surface area (Å²) in [7, 11) is 0. The van der Waals surface area contributed by atoms with Crippen LogP contribution in [0.1, 0.15) is 72.1 Å². The van der Waals surface area contributed by atoms with Crippen molar-refractivity contribution in [2.75, 3.05) is 26.2 Å². The van der Waals surface area contributed by atoms with Crippen molar-refractivity contribution >= 4 is 0 Å². The normalized spacial score (nSPS) is 45.7. The predicted molar refractivity (Wildman–Crippen MR) is 93.0 cm³/mol. The Hall–Kier alpha value is -0.0800. The van der Waals surface area contributed by atoms with Crippen LogP contribution in [-0.2, 0) is 0 Å². The minimum absolute atomic E-state index is 0.565. The van der Waals surface area contributed by atoms with Gasteiger partial charge in [0.2, 0.25) is 0 Å². The molecule has 1 aliphatic carbocycles. The van der Waals surface area contributed by atoms with E-state index < -0.39 is 0 Å². The molecular formula is C20H36N2. The van der Waals surface area contributed by atoms with Crippen molar-refractivity contribution < 1.29 is 0 Å². The summed E-state index contributed by atoms with van der Waals surface area (Å²) in [6.07, 6.45) is 11.7. The van der Waals surface area contributed by atoms with Crippen LogP contribution < -0.4 is 0 Å². The molecule has 2 heteroatoms. The zero-order valence-corrected chi connectivity index (χ0v) is 15.1.